The Labute approximate surface area is 238 Å². The highest BCUT2D eigenvalue weighted by atomic mass is 79.9. The quantitative estimate of drug-likeness (QED) is 0.336. The van der Waals surface area contributed by atoms with E-state index < -0.39 is 11.4 Å². The number of rotatable bonds is 6. The zero-order valence-electron chi connectivity index (χ0n) is 20.3. The van der Waals surface area contributed by atoms with Crippen LogP contribution in [0.4, 0.5) is 11.4 Å². The lowest BCUT2D eigenvalue weighted by molar-refractivity contribution is -0.123. The molecule has 3 aromatic rings. The Morgan fingerprint density at radius 2 is 1.89 bits per heavy atom. The molecule has 5 rings (SSSR count). The summed E-state index contributed by atoms with van der Waals surface area (Å²) in [5.74, 6) is -1.31. The number of primary amides is 1. The molecule has 38 heavy (non-hydrogen) atoms. The summed E-state index contributed by atoms with van der Waals surface area (Å²) < 4.78 is 0.734. The van der Waals surface area contributed by atoms with E-state index in [1.54, 1.807) is 41.3 Å². The fourth-order valence-electron chi connectivity index (χ4n) is 5.24. The van der Waals surface area contributed by atoms with Gasteiger partial charge in [0.2, 0.25) is 5.91 Å². The molecule has 0 spiro atoms. The highest BCUT2D eigenvalue weighted by molar-refractivity contribution is 9.10. The van der Waals surface area contributed by atoms with Gasteiger partial charge in [-0.2, -0.15) is 0 Å². The van der Waals surface area contributed by atoms with Crippen LogP contribution in [0.1, 0.15) is 34.3 Å². The number of anilines is 2. The molecule has 3 amide bonds. The van der Waals surface area contributed by atoms with Gasteiger partial charge in [-0.05, 0) is 60.9 Å². The van der Waals surface area contributed by atoms with Crippen LogP contribution in [0.3, 0.4) is 0 Å². The van der Waals surface area contributed by atoms with Crippen molar-refractivity contribution in [1.82, 2.24) is 4.90 Å². The second-order valence-corrected chi connectivity index (χ2v) is 11.5. The van der Waals surface area contributed by atoms with Crippen molar-refractivity contribution in [3.05, 3.63) is 91.9 Å². The lowest BCUT2D eigenvalue weighted by atomic mass is 9.84. The topological polar surface area (TPSA) is 105 Å². The second-order valence-electron chi connectivity index (χ2n) is 9.66. The van der Waals surface area contributed by atoms with Crippen LogP contribution in [0.15, 0.2) is 65.1 Å². The molecule has 4 N–H and O–H groups in total. The molecule has 196 valence electrons. The highest BCUT2D eigenvalue weighted by Gasteiger charge is 2.47. The lowest BCUT2D eigenvalue weighted by Gasteiger charge is -2.34. The molecule has 2 aliphatic rings. The standard InChI is InChI=1S/C28H25BrCl2N4O3/c29-18-6-8-21(26(37)35-10-2-4-17(15-35)25(32)36)23(12-18)34-28(14-16-3-1-5-19(30)11-16)22-9-7-20(31)13-24(22)33-27(28)38/h1,3,5-9,11-13,17,34H,2,4,10,14-15H2,(H2,32,36)(H,33,38)/t17-,28?/m0/s1. The number of hydrogen-bond acceptors (Lipinski definition) is 4. The molecule has 0 aromatic heterocycles. The molecule has 1 unspecified atom stereocenters. The van der Waals surface area contributed by atoms with E-state index in [2.05, 4.69) is 26.6 Å². The summed E-state index contributed by atoms with van der Waals surface area (Å²) in [7, 11) is 0. The Balaban J connectivity index is 1.58. The van der Waals surface area contributed by atoms with Gasteiger partial charge >= 0.3 is 0 Å². The maximum Gasteiger partial charge on any atom is 0.255 e. The maximum absolute atomic E-state index is 13.7. The van der Waals surface area contributed by atoms with E-state index in [9.17, 15) is 14.4 Å². The number of nitrogens with two attached hydrogens (primary N) is 1. The van der Waals surface area contributed by atoms with Crippen LogP contribution in [-0.2, 0) is 21.5 Å². The van der Waals surface area contributed by atoms with E-state index in [1.807, 2.05) is 24.3 Å². The van der Waals surface area contributed by atoms with Gasteiger partial charge in [0.05, 0.1) is 11.5 Å². The molecule has 1 saturated heterocycles. The predicted octanol–water partition coefficient (Wildman–Crippen LogP) is 5.60. The number of amides is 3. The molecule has 2 heterocycles. The van der Waals surface area contributed by atoms with E-state index in [-0.39, 0.29) is 30.7 Å². The summed E-state index contributed by atoms with van der Waals surface area (Å²) in [6, 6.07) is 17.9. The van der Waals surface area contributed by atoms with Crippen LogP contribution in [0.2, 0.25) is 10.0 Å². The molecule has 0 saturated carbocycles. The van der Waals surface area contributed by atoms with Crippen LogP contribution in [-0.4, -0.2) is 35.7 Å². The van der Waals surface area contributed by atoms with Gasteiger partial charge in [0.25, 0.3) is 11.8 Å². The zero-order chi connectivity index (χ0) is 27.0. The van der Waals surface area contributed by atoms with Gasteiger partial charge in [-0.25, -0.2) is 0 Å². The van der Waals surface area contributed by atoms with E-state index in [0.29, 0.717) is 51.9 Å². The van der Waals surface area contributed by atoms with Gasteiger partial charge in [0, 0.05) is 51.0 Å². The number of nitrogens with one attached hydrogen (secondary N) is 2. The van der Waals surface area contributed by atoms with Gasteiger partial charge in [0.15, 0.2) is 0 Å². The first-order valence-electron chi connectivity index (χ1n) is 12.2. The van der Waals surface area contributed by atoms with E-state index in [1.165, 1.54) is 0 Å². The highest BCUT2D eigenvalue weighted by Crippen LogP contribution is 2.43. The number of fused-ring (bicyclic) bond motifs is 1. The Morgan fingerprint density at radius 3 is 2.66 bits per heavy atom. The Hall–Kier alpha value is -3.07. The van der Waals surface area contributed by atoms with Gasteiger partial charge in [0.1, 0.15) is 5.54 Å². The minimum absolute atomic E-state index is 0.237. The molecule has 2 aliphatic heterocycles. The van der Waals surface area contributed by atoms with Crippen molar-refractivity contribution < 1.29 is 14.4 Å². The van der Waals surface area contributed by atoms with Gasteiger partial charge in [-0.1, -0.05) is 57.3 Å². The van der Waals surface area contributed by atoms with Crippen molar-refractivity contribution in [3.8, 4) is 0 Å². The normalized spacial score (nSPS) is 20.6. The average Bonchev–Trinajstić information content (AvgIpc) is 3.13. The molecular formula is C28H25BrCl2N4O3. The average molecular weight is 616 g/mol. The molecule has 3 aromatic carbocycles. The summed E-state index contributed by atoms with van der Waals surface area (Å²) in [5.41, 5.74) is 7.30. The van der Waals surface area contributed by atoms with Crippen molar-refractivity contribution in [2.75, 3.05) is 23.7 Å². The van der Waals surface area contributed by atoms with Crippen molar-refractivity contribution in [2.24, 2.45) is 11.7 Å². The summed E-state index contributed by atoms with van der Waals surface area (Å²) in [6.07, 6.45) is 1.61. The molecule has 0 radical (unpaired) electrons. The fourth-order valence-corrected chi connectivity index (χ4v) is 5.99. The molecule has 2 atom stereocenters. The molecule has 10 heteroatoms. The second kappa shape index (κ2) is 10.6. The first-order chi connectivity index (χ1) is 18.2. The number of hydrogen-bond donors (Lipinski definition) is 3. The Kier molecular flexibility index (Phi) is 7.40. The summed E-state index contributed by atoms with van der Waals surface area (Å²) in [4.78, 5) is 40.9. The Morgan fingerprint density at radius 1 is 1.11 bits per heavy atom. The minimum Gasteiger partial charge on any atom is -0.369 e. The van der Waals surface area contributed by atoms with E-state index >= 15 is 0 Å². The number of carbonyl (C=O) groups excluding carboxylic acids is 3. The monoisotopic (exact) mass is 614 g/mol. The molecular weight excluding hydrogens is 591 g/mol. The van der Waals surface area contributed by atoms with Crippen LogP contribution < -0.4 is 16.4 Å². The van der Waals surface area contributed by atoms with Crippen LogP contribution >= 0.6 is 39.1 Å². The number of piperidine rings is 1. The maximum atomic E-state index is 13.7. The van der Waals surface area contributed by atoms with Crippen molar-refractivity contribution in [2.45, 2.75) is 24.8 Å². The minimum atomic E-state index is -1.25. The third kappa shape index (κ3) is 5.13. The molecule has 7 nitrogen and oxygen atoms in total. The van der Waals surface area contributed by atoms with E-state index in [4.69, 9.17) is 28.9 Å². The molecule has 1 fully saturated rings. The van der Waals surface area contributed by atoms with Crippen LogP contribution in [0, 0.1) is 5.92 Å². The first-order valence-corrected chi connectivity index (χ1v) is 13.7. The smallest absolute Gasteiger partial charge is 0.255 e. The third-order valence-electron chi connectivity index (χ3n) is 7.11. The zero-order valence-corrected chi connectivity index (χ0v) is 23.4. The number of nitrogens with zero attached hydrogens (tertiary/aromatic N) is 1. The third-order valence-corrected chi connectivity index (χ3v) is 8.07. The van der Waals surface area contributed by atoms with Gasteiger partial charge < -0.3 is 21.3 Å². The van der Waals surface area contributed by atoms with Crippen LogP contribution in [0.5, 0.6) is 0 Å². The predicted molar refractivity (Wildman–Crippen MR) is 153 cm³/mol. The van der Waals surface area contributed by atoms with Gasteiger partial charge in [-0.3, -0.25) is 14.4 Å². The van der Waals surface area contributed by atoms with Crippen molar-refractivity contribution in [1.29, 1.82) is 0 Å². The number of halogens is 3. The first kappa shape index (κ1) is 26.5. The molecule has 0 bridgehead atoms. The summed E-state index contributed by atoms with van der Waals surface area (Å²) >= 11 is 16.0. The number of carbonyl (C=O) groups is 3. The summed E-state index contributed by atoms with van der Waals surface area (Å²) in [5, 5.41) is 7.45. The molecule has 0 aliphatic carbocycles. The largest absolute Gasteiger partial charge is 0.369 e. The lowest BCUT2D eigenvalue weighted by Crippen LogP contribution is -2.46. The van der Waals surface area contributed by atoms with Crippen molar-refractivity contribution in [3.63, 3.8) is 0 Å². The number of likely N-dealkylation sites (tertiary alicyclic amines) is 1. The number of benzene rings is 3. The van der Waals surface area contributed by atoms with Crippen LogP contribution in [0.25, 0.3) is 0 Å². The van der Waals surface area contributed by atoms with Crippen molar-refractivity contribution >= 4 is 68.2 Å². The van der Waals surface area contributed by atoms with Gasteiger partial charge in [-0.15, -0.1) is 0 Å². The van der Waals surface area contributed by atoms with E-state index in [0.717, 1.165) is 10.0 Å². The SMILES string of the molecule is NC(=O)[C@H]1CCCN(C(=O)c2ccc(Br)cc2NC2(Cc3cccc(Cl)c3)C(=O)Nc3cc(Cl)ccc32)C1. The Bertz CT molecular complexity index is 1450. The summed E-state index contributed by atoms with van der Waals surface area (Å²) in [6.45, 7) is 0.784. The fraction of sp³-hybridized carbons (Fsp3) is 0.250.